The first-order valence-electron chi connectivity index (χ1n) is 5.13. The molecule has 0 aliphatic carbocycles. The van der Waals surface area contributed by atoms with E-state index in [2.05, 4.69) is 43.1 Å². The van der Waals surface area contributed by atoms with Crippen LogP contribution in [0.1, 0.15) is 25.8 Å². The lowest BCUT2D eigenvalue weighted by Crippen LogP contribution is -1.93. The zero-order chi connectivity index (χ0) is 11.5. The van der Waals surface area contributed by atoms with E-state index in [1.54, 1.807) is 0 Å². The second-order valence-electron chi connectivity index (χ2n) is 3.74. The maximum atomic E-state index is 9.31. The molecule has 0 saturated carbocycles. The van der Waals surface area contributed by atoms with E-state index < -0.39 is 0 Å². The molecule has 0 bridgehead atoms. The molecule has 0 atom stereocenters. The molecule has 1 rings (SSSR count). The summed E-state index contributed by atoms with van der Waals surface area (Å²) in [5, 5.41) is 2.26. The molecule has 0 aromatic heterocycles. The van der Waals surface area contributed by atoms with E-state index in [9.17, 15) is 4.91 Å². The largest absolute Gasteiger partial charge is 0.364 e. The summed E-state index contributed by atoms with van der Waals surface area (Å²) in [5.41, 5.74) is 1.32. The normalized spacial score (nSPS) is 9.07. The molecule has 84 valence electrons. The molecule has 0 spiro atoms. The number of aryl methyl sites for hydroxylation is 1. The number of benzene rings is 1. The fourth-order valence-corrected chi connectivity index (χ4v) is 0.860. The summed E-state index contributed by atoms with van der Waals surface area (Å²) in [6, 6.07) is 10.3. The second-order valence-corrected chi connectivity index (χ2v) is 3.74. The Labute approximate surface area is 91.4 Å². The van der Waals surface area contributed by atoms with Gasteiger partial charge in [-0.15, -0.1) is 4.91 Å². The Kier molecular flexibility index (Phi) is 8.34. The van der Waals surface area contributed by atoms with E-state index in [4.69, 9.17) is 0 Å². The van der Waals surface area contributed by atoms with E-state index in [1.807, 2.05) is 18.2 Å². The van der Waals surface area contributed by atoms with Gasteiger partial charge in [-0.1, -0.05) is 49.7 Å². The molecule has 3 heteroatoms. The summed E-state index contributed by atoms with van der Waals surface area (Å²) in [5.74, 6) is 0.580. The molecule has 0 N–H and O–H groups in total. The minimum Gasteiger partial charge on any atom is -0.364 e. The Balaban J connectivity index is 0.000000262. The van der Waals surface area contributed by atoms with Crippen molar-refractivity contribution in [3.05, 3.63) is 40.8 Å². The van der Waals surface area contributed by atoms with Crippen molar-refractivity contribution in [3.63, 3.8) is 0 Å². The van der Waals surface area contributed by atoms with Gasteiger partial charge in [0, 0.05) is 0 Å². The van der Waals surface area contributed by atoms with Gasteiger partial charge in [0.15, 0.2) is 5.34 Å². The standard InChI is InChI=1S/C7H8.C5H11NO2/c1-7-5-3-2-4-6-7;1-5(2)3-4-8-6-7/h2-6H,1H3;5H,3-4H2,1-2H3. The molecule has 0 radical (unpaired) electrons. The Morgan fingerprint density at radius 3 is 2.20 bits per heavy atom. The van der Waals surface area contributed by atoms with Crippen LogP contribution >= 0.6 is 0 Å². The quantitative estimate of drug-likeness (QED) is 0.430. The van der Waals surface area contributed by atoms with Crippen LogP contribution in [0, 0.1) is 17.7 Å². The second kappa shape index (κ2) is 9.19. The first-order valence-corrected chi connectivity index (χ1v) is 5.13. The molecule has 0 fully saturated rings. The highest BCUT2D eigenvalue weighted by Gasteiger charge is 1.91. The third-order valence-electron chi connectivity index (χ3n) is 1.78. The lowest BCUT2D eigenvalue weighted by molar-refractivity contribution is 0.128. The van der Waals surface area contributed by atoms with Crippen molar-refractivity contribution in [2.24, 2.45) is 11.3 Å². The van der Waals surface area contributed by atoms with Crippen LogP contribution in [-0.4, -0.2) is 6.61 Å². The summed E-state index contributed by atoms with van der Waals surface area (Å²) >= 11 is 0. The molecular weight excluding hydrogens is 190 g/mol. The van der Waals surface area contributed by atoms with Crippen LogP contribution in [0.15, 0.2) is 35.7 Å². The van der Waals surface area contributed by atoms with Gasteiger partial charge in [0.05, 0.1) is 0 Å². The zero-order valence-corrected chi connectivity index (χ0v) is 9.64. The third kappa shape index (κ3) is 10.5. The minimum absolute atomic E-state index is 0.446. The summed E-state index contributed by atoms with van der Waals surface area (Å²) < 4.78 is 0. The Hall–Kier alpha value is -1.38. The van der Waals surface area contributed by atoms with E-state index in [0.29, 0.717) is 12.5 Å². The SMILES string of the molecule is CC(C)CCON=O.Cc1ccccc1. The maximum Gasteiger partial charge on any atom is 0.155 e. The van der Waals surface area contributed by atoms with Gasteiger partial charge in [-0.05, 0) is 19.3 Å². The first kappa shape index (κ1) is 13.6. The van der Waals surface area contributed by atoms with Crippen molar-refractivity contribution in [3.8, 4) is 0 Å². The van der Waals surface area contributed by atoms with E-state index in [1.165, 1.54) is 5.56 Å². The Morgan fingerprint density at radius 1 is 1.27 bits per heavy atom. The summed E-state index contributed by atoms with van der Waals surface area (Å²) in [7, 11) is 0. The van der Waals surface area contributed by atoms with Gasteiger partial charge >= 0.3 is 0 Å². The van der Waals surface area contributed by atoms with Crippen molar-refractivity contribution in [1.29, 1.82) is 0 Å². The number of rotatable bonds is 4. The molecule has 3 nitrogen and oxygen atoms in total. The van der Waals surface area contributed by atoms with Crippen LogP contribution in [-0.2, 0) is 4.84 Å². The molecule has 0 aliphatic rings. The average molecular weight is 209 g/mol. The molecule has 0 unspecified atom stereocenters. The van der Waals surface area contributed by atoms with Crippen LogP contribution in [0.25, 0.3) is 0 Å². The molecule has 0 saturated heterocycles. The summed E-state index contributed by atoms with van der Waals surface area (Å²) in [6.07, 6.45) is 0.895. The third-order valence-corrected chi connectivity index (χ3v) is 1.78. The van der Waals surface area contributed by atoms with Crippen molar-refractivity contribution in [2.75, 3.05) is 6.61 Å². The van der Waals surface area contributed by atoms with E-state index >= 15 is 0 Å². The highest BCUT2D eigenvalue weighted by molar-refractivity contribution is 5.11. The van der Waals surface area contributed by atoms with Gasteiger partial charge in [-0.25, -0.2) is 0 Å². The molecular formula is C12H19NO2. The smallest absolute Gasteiger partial charge is 0.155 e. The molecule has 1 aromatic carbocycles. The Bertz CT molecular complexity index is 247. The fourth-order valence-electron chi connectivity index (χ4n) is 0.860. The Morgan fingerprint density at radius 2 is 1.87 bits per heavy atom. The minimum atomic E-state index is 0.446. The molecule has 0 aliphatic heterocycles. The lowest BCUT2D eigenvalue weighted by Gasteiger charge is -1.98. The van der Waals surface area contributed by atoms with Crippen molar-refractivity contribution in [2.45, 2.75) is 27.2 Å². The van der Waals surface area contributed by atoms with Gasteiger partial charge in [-0.2, -0.15) is 0 Å². The van der Waals surface area contributed by atoms with Crippen LogP contribution < -0.4 is 0 Å². The molecule has 0 heterocycles. The number of nitrogens with zero attached hydrogens (tertiary/aromatic N) is 1. The molecule has 15 heavy (non-hydrogen) atoms. The predicted octanol–water partition coefficient (Wildman–Crippen LogP) is 3.73. The number of hydrogen-bond acceptors (Lipinski definition) is 3. The average Bonchev–Trinajstić information content (AvgIpc) is 2.20. The van der Waals surface area contributed by atoms with Gasteiger partial charge in [0.1, 0.15) is 6.61 Å². The van der Waals surface area contributed by atoms with E-state index in [0.717, 1.165) is 6.42 Å². The highest BCUT2D eigenvalue weighted by Crippen LogP contribution is 1.98. The zero-order valence-electron chi connectivity index (χ0n) is 9.64. The lowest BCUT2D eigenvalue weighted by atomic mass is 10.1. The monoisotopic (exact) mass is 209 g/mol. The van der Waals surface area contributed by atoms with Gasteiger partial charge in [0.2, 0.25) is 0 Å². The van der Waals surface area contributed by atoms with Gasteiger partial charge in [-0.3, -0.25) is 0 Å². The maximum absolute atomic E-state index is 9.31. The summed E-state index contributed by atoms with van der Waals surface area (Å²) in [4.78, 5) is 13.5. The van der Waals surface area contributed by atoms with Crippen molar-refractivity contribution < 1.29 is 4.84 Å². The fraction of sp³-hybridized carbons (Fsp3) is 0.500. The summed E-state index contributed by atoms with van der Waals surface area (Å²) in [6.45, 7) is 6.66. The topological polar surface area (TPSA) is 38.7 Å². The van der Waals surface area contributed by atoms with Crippen molar-refractivity contribution in [1.82, 2.24) is 0 Å². The highest BCUT2D eigenvalue weighted by atomic mass is 16.7. The van der Waals surface area contributed by atoms with Crippen LogP contribution in [0.4, 0.5) is 0 Å². The van der Waals surface area contributed by atoms with Gasteiger partial charge in [0.25, 0.3) is 0 Å². The molecule has 0 amide bonds. The van der Waals surface area contributed by atoms with Crippen LogP contribution in [0.2, 0.25) is 0 Å². The van der Waals surface area contributed by atoms with Crippen LogP contribution in [0.5, 0.6) is 0 Å². The van der Waals surface area contributed by atoms with Crippen molar-refractivity contribution >= 4 is 0 Å². The molecule has 1 aromatic rings. The van der Waals surface area contributed by atoms with E-state index in [-0.39, 0.29) is 0 Å². The number of hydrogen-bond donors (Lipinski definition) is 0. The first-order chi connectivity index (χ1) is 7.16. The van der Waals surface area contributed by atoms with Gasteiger partial charge < -0.3 is 4.84 Å². The predicted molar refractivity (Wildman–Crippen MR) is 62.4 cm³/mol. The van der Waals surface area contributed by atoms with Crippen LogP contribution in [0.3, 0.4) is 0 Å².